The lowest BCUT2D eigenvalue weighted by Gasteiger charge is -2.27. The molecule has 0 fully saturated rings. The molecule has 9 heteroatoms. The van der Waals surface area contributed by atoms with Gasteiger partial charge in [-0.15, -0.1) is 0 Å². The lowest BCUT2D eigenvalue weighted by atomic mass is 10.2. The molecule has 0 unspecified atom stereocenters. The van der Waals surface area contributed by atoms with Crippen LogP contribution < -0.4 is 5.32 Å². The van der Waals surface area contributed by atoms with Crippen molar-refractivity contribution in [3.8, 4) is 0 Å². The lowest BCUT2D eigenvalue weighted by Crippen LogP contribution is -2.39. The second-order valence-corrected chi connectivity index (χ2v) is 7.91. The van der Waals surface area contributed by atoms with Crippen LogP contribution in [0.5, 0.6) is 0 Å². The average molecular weight is 371 g/mol. The van der Waals surface area contributed by atoms with E-state index in [1.54, 1.807) is 25.7 Å². The van der Waals surface area contributed by atoms with Gasteiger partial charge in [0.1, 0.15) is 11.2 Å². The highest BCUT2D eigenvalue weighted by molar-refractivity contribution is 5.68. The number of azide groups is 1. The van der Waals surface area contributed by atoms with E-state index < -0.39 is 23.4 Å². The largest absolute Gasteiger partial charge is 0.444 e. The van der Waals surface area contributed by atoms with Gasteiger partial charge >= 0.3 is 12.2 Å². The molecule has 0 atom stereocenters. The van der Waals surface area contributed by atoms with Gasteiger partial charge in [-0.3, -0.25) is 0 Å². The van der Waals surface area contributed by atoms with Gasteiger partial charge in [0.15, 0.2) is 0 Å². The lowest BCUT2D eigenvalue weighted by molar-refractivity contribution is 0.0245. The van der Waals surface area contributed by atoms with Crippen LogP contribution in [0.3, 0.4) is 0 Å². The number of hydrogen-bond acceptors (Lipinski definition) is 5. The van der Waals surface area contributed by atoms with Crippen molar-refractivity contribution in [1.82, 2.24) is 10.2 Å². The Morgan fingerprint density at radius 1 is 1.00 bits per heavy atom. The van der Waals surface area contributed by atoms with E-state index in [1.807, 2.05) is 20.8 Å². The quantitative estimate of drug-likeness (QED) is 0.282. The molecule has 150 valence electrons. The van der Waals surface area contributed by atoms with Crippen molar-refractivity contribution in [3.05, 3.63) is 10.4 Å². The maximum absolute atomic E-state index is 12.3. The number of ether oxygens (including phenoxy) is 2. The molecule has 0 aromatic rings. The standard InChI is InChI=1S/C17H33N5O4/c1-16(2,3)25-14(23)19-10-9-13-22(12-8-7-11-20-21-18)15(24)26-17(4,5)6/h7-13H2,1-6H3,(H,19,23). The maximum atomic E-state index is 12.3. The summed E-state index contributed by atoms with van der Waals surface area (Å²) in [6.07, 6.45) is 1.11. The van der Waals surface area contributed by atoms with Crippen LogP contribution in [-0.2, 0) is 9.47 Å². The fraction of sp³-hybridized carbons (Fsp3) is 0.882. The zero-order chi connectivity index (χ0) is 20.2. The number of nitrogens with zero attached hydrogens (tertiary/aromatic N) is 4. The SMILES string of the molecule is CC(C)(C)OC(=O)NCCCN(CCCCN=[N+]=[N-])C(=O)OC(C)(C)C. The summed E-state index contributed by atoms with van der Waals surface area (Å²) in [6.45, 7) is 12.6. The van der Waals surface area contributed by atoms with Gasteiger partial charge in [0, 0.05) is 31.1 Å². The summed E-state index contributed by atoms with van der Waals surface area (Å²) >= 11 is 0. The second kappa shape index (κ2) is 11.5. The molecule has 2 amide bonds. The topological polar surface area (TPSA) is 117 Å². The van der Waals surface area contributed by atoms with E-state index in [2.05, 4.69) is 15.3 Å². The summed E-state index contributed by atoms with van der Waals surface area (Å²) in [5.74, 6) is 0. The fourth-order valence-electron chi connectivity index (χ4n) is 1.93. The Morgan fingerprint density at radius 2 is 1.58 bits per heavy atom. The van der Waals surface area contributed by atoms with E-state index in [4.69, 9.17) is 15.0 Å². The summed E-state index contributed by atoms with van der Waals surface area (Å²) in [6, 6.07) is 0. The van der Waals surface area contributed by atoms with Crippen molar-refractivity contribution >= 4 is 12.2 Å². The minimum Gasteiger partial charge on any atom is -0.444 e. The molecule has 0 saturated heterocycles. The highest BCUT2D eigenvalue weighted by atomic mass is 16.6. The molecular weight excluding hydrogens is 338 g/mol. The van der Waals surface area contributed by atoms with Crippen LogP contribution in [0.4, 0.5) is 9.59 Å². The van der Waals surface area contributed by atoms with Crippen molar-refractivity contribution in [1.29, 1.82) is 0 Å². The van der Waals surface area contributed by atoms with Gasteiger partial charge in [-0.2, -0.15) is 0 Å². The number of carbonyl (C=O) groups excluding carboxylic acids is 2. The third-order valence-corrected chi connectivity index (χ3v) is 2.92. The van der Waals surface area contributed by atoms with E-state index in [-0.39, 0.29) is 0 Å². The Hall–Kier alpha value is -2.15. The van der Waals surface area contributed by atoms with Gasteiger partial charge in [0.05, 0.1) is 0 Å². The van der Waals surface area contributed by atoms with Crippen molar-refractivity contribution in [2.45, 2.75) is 72.0 Å². The highest BCUT2D eigenvalue weighted by Crippen LogP contribution is 2.11. The van der Waals surface area contributed by atoms with Gasteiger partial charge in [-0.1, -0.05) is 5.11 Å². The van der Waals surface area contributed by atoms with Gasteiger partial charge in [0.25, 0.3) is 0 Å². The number of amides is 2. The Labute approximate surface area is 156 Å². The Kier molecular flexibility index (Phi) is 10.5. The molecule has 0 saturated carbocycles. The Morgan fingerprint density at radius 3 is 2.12 bits per heavy atom. The predicted molar refractivity (Wildman–Crippen MR) is 99.9 cm³/mol. The van der Waals surface area contributed by atoms with Gasteiger partial charge < -0.3 is 19.7 Å². The summed E-state index contributed by atoms with van der Waals surface area (Å²) in [4.78, 5) is 28.2. The molecule has 0 aliphatic carbocycles. The van der Waals surface area contributed by atoms with E-state index in [0.717, 1.165) is 0 Å². The smallest absolute Gasteiger partial charge is 0.410 e. The molecule has 0 aromatic carbocycles. The van der Waals surface area contributed by atoms with Crippen LogP contribution in [0.25, 0.3) is 10.4 Å². The number of rotatable bonds is 9. The first kappa shape index (κ1) is 23.9. The number of alkyl carbamates (subject to hydrolysis) is 1. The Balaban J connectivity index is 4.39. The minimum absolute atomic E-state index is 0.390. The third-order valence-electron chi connectivity index (χ3n) is 2.92. The van der Waals surface area contributed by atoms with Crippen molar-refractivity contribution in [2.75, 3.05) is 26.2 Å². The number of unbranched alkanes of at least 4 members (excludes halogenated alkanes) is 1. The average Bonchev–Trinajstić information content (AvgIpc) is 2.45. The van der Waals surface area contributed by atoms with Gasteiger partial charge in [-0.25, -0.2) is 9.59 Å². The zero-order valence-electron chi connectivity index (χ0n) is 16.9. The van der Waals surface area contributed by atoms with Crippen LogP contribution >= 0.6 is 0 Å². The molecular formula is C17H33N5O4. The van der Waals surface area contributed by atoms with E-state index >= 15 is 0 Å². The van der Waals surface area contributed by atoms with Crippen LogP contribution in [-0.4, -0.2) is 54.5 Å². The summed E-state index contributed by atoms with van der Waals surface area (Å²) in [5.41, 5.74) is 7.16. The predicted octanol–water partition coefficient (Wildman–Crippen LogP) is 4.23. The molecule has 0 aliphatic rings. The van der Waals surface area contributed by atoms with Crippen molar-refractivity contribution < 1.29 is 19.1 Å². The molecule has 0 bridgehead atoms. The first-order chi connectivity index (χ1) is 11.9. The van der Waals surface area contributed by atoms with Gasteiger partial charge in [0.2, 0.25) is 0 Å². The minimum atomic E-state index is -0.574. The first-order valence-corrected chi connectivity index (χ1v) is 8.90. The second-order valence-electron chi connectivity index (χ2n) is 7.91. The van der Waals surface area contributed by atoms with Crippen molar-refractivity contribution in [2.24, 2.45) is 5.11 Å². The fourth-order valence-corrected chi connectivity index (χ4v) is 1.93. The number of nitrogens with one attached hydrogen (secondary N) is 1. The molecule has 26 heavy (non-hydrogen) atoms. The highest BCUT2D eigenvalue weighted by Gasteiger charge is 2.22. The van der Waals surface area contributed by atoms with Crippen LogP contribution in [0.15, 0.2) is 5.11 Å². The zero-order valence-corrected chi connectivity index (χ0v) is 16.9. The van der Waals surface area contributed by atoms with Crippen LogP contribution in [0, 0.1) is 0 Å². The number of carbonyl (C=O) groups is 2. The molecule has 9 nitrogen and oxygen atoms in total. The molecule has 0 aromatic heterocycles. The summed E-state index contributed by atoms with van der Waals surface area (Å²) in [5, 5.41) is 6.15. The molecule has 0 heterocycles. The normalized spacial score (nSPS) is 11.3. The van der Waals surface area contributed by atoms with Crippen molar-refractivity contribution in [3.63, 3.8) is 0 Å². The molecule has 0 rings (SSSR count). The molecule has 1 N–H and O–H groups in total. The van der Waals surface area contributed by atoms with Crippen LogP contribution in [0.1, 0.15) is 60.8 Å². The van der Waals surface area contributed by atoms with E-state index in [1.165, 1.54) is 0 Å². The number of hydrogen-bond donors (Lipinski definition) is 1. The molecule has 0 aliphatic heterocycles. The van der Waals surface area contributed by atoms with E-state index in [0.29, 0.717) is 45.4 Å². The first-order valence-electron chi connectivity index (χ1n) is 8.90. The third kappa shape index (κ3) is 14.2. The van der Waals surface area contributed by atoms with E-state index in [9.17, 15) is 9.59 Å². The Bertz CT molecular complexity index is 490. The van der Waals surface area contributed by atoms with Crippen LogP contribution in [0.2, 0.25) is 0 Å². The molecule has 0 spiro atoms. The maximum Gasteiger partial charge on any atom is 0.410 e. The van der Waals surface area contributed by atoms with Gasteiger partial charge in [-0.05, 0) is 66.3 Å². The molecule has 0 radical (unpaired) electrons. The summed E-state index contributed by atoms with van der Waals surface area (Å²) < 4.78 is 10.6. The monoisotopic (exact) mass is 371 g/mol. The summed E-state index contributed by atoms with van der Waals surface area (Å²) in [7, 11) is 0.